The van der Waals surface area contributed by atoms with Gasteiger partial charge in [-0.1, -0.05) is 53.7 Å². The van der Waals surface area contributed by atoms with Crippen molar-refractivity contribution in [3.63, 3.8) is 0 Å². The third kappa shape index (κ3) is 2.60. The fourth-order valence-corrected chi connectivity index (χ4v) is 3.18. The first-order valence-electron chi connectivity index (χ1n) is 6.47. The minimum Gasteiger partial charge on any atom is -0.508 e. The van der Waals surface area contributed by atoms with E-state index in [4.69, 9.17) is 4.74 Å². The monoisotopic (exact) mass is 264 g/mol. The summed E-state index contributed by atoms with van der Waals surface area (Å²) in [7, 11) is 0. The zero-order valence-electron chi connectivity index (χ0n) is 12.7. The van der Waals surface area contributed by atoms with E-state index in [2.05, 4.69) is 41.5 Å². The van der Waals surface area contributed by atoms with Gasteiger partial charge in [-0.05, 0) is 17.7 Å². The molecule has 19 heavy (non-hydrogen) atoms. The van der Waals surface area contributed by atoms with Crippen LogP contribution in [0.5, 0.6) is 5.75 Å². The second-order valence-corrected chi connectivity index (χ2v) is 6.94. The largest absolute Gasteiger partial charge is 0.508 e. The van der Waals surface area contributed by atoms with E-state index in [-0.39, 0.29) is 16.6 Å². The molecular weight excluding hydrogens is 240 g/mol. The zero-order valence-corrected chi connectivity index (χ0v) is 12.7. The fourth-order valence-electron chi connectivity index (χ4n) is 3.18. The molecule has 0 radical (unpaired) electrons. The molecule has 106 valence electrons. The molecule has 0 aliphatic carbocycles. The maximum atomic E-state index is 11.1. The number of phenols is 1. The van der Waals surface area contributed by atoms with Gasteiger partial charge in [0.2, 0.25) is 0 Å². The lowest BCUT2D eigenvalue weighted by Gasteiger charge is -2.51. The lowest BCUT2D eigenvalue weighted by atomic mass is 9.59. The molecule has 3 nitrogen and oxygen atoms in total. The summed E-state index contributed by atoms with van der Waals surface area (Å²) in [6.07, 6.45) is 0. The molecule has 0 saturated heterocycles. The van der Waals surface area contributed by atoms with Gasteiger partial charge in [-0.15, -0.1) is 0 Å². The number of benzene rings is 1. The molecule has 0 fully saturated rings. The quantitative estimate of drug-likeness (QED) is 0.843. The second-order valence-electron chi connectivity index (χ2n) is 6.94. The van der Waals surface area contributed by atoms with E-state index in [9.17, 15) is 9.90 Å². The molecule has 0 unspecified atom stereocenters. The molecule has 1 aromatic rings. The fraction of sp³-hybridized carbons (Fsp3) is 0.562. The summed E-state index contributed by atoms with van der Waals surface area (Å²) < 4.78 is 5.62. The molecule has 1 rings (SSSR count). The highest BCUT2D eigenvalue weighted by Gasteiger charge is 2.54. The van der Waals surface area contributed by atoms with Gasteiger partial charge in [-0.2, -0.15) is 0 Å². The second kappa shape index (κ2) is 4.87. The van der Waals surface area contributed by atoms with Crippen LogP contribution in [0.2, 0.25) is 0 Å². The molecule has 1 N–H and O–H groups in total. The Kier molecular flexibility index (Phi) is 3.99. The highest BCUT2D eigenvalue weighted by atomic mass is 16.5. The Hall–Kier alpha value is -1.51. The lowest BCUT2D eigenvalue weighted by Crippen LogP contribution is -2.52. The molecule has 0 saturated carbocycles. The first-order valence-corrected chi connectivity index (χ1v) is 6.47. The molecule has 0 amide bonds. The minimum absolute atomic E-state index is 0.201. The summed E-state index contributed by atoms with van der Waals surface area (Å²) in [6, 6.07) is 6.87. The van der Waals surface area contributed by atoms with E-state index >= 15 is 0 Å². The summed E-state index contributed by atoms with van der Waals surface area (Å²) in [5, 5.41) is 9.45. The average molecular weight is 264 g/mol. The zero-order chi connectivity index (χ0) is 14.9. The van der Waals surface area contributed by atoms with Crippen LogP contribution in [0.15, 0.2) is 24.3 Å². The van der Waals surface area contributed by atoms with Crippen molar-refractivity contribution in [2.75, 3.05) is 0 Å². The molecule has 0 bridgehead atoms. The van der Waals surface area contributed by atoms with Crippen LogP contribution in [0.25, 0.3) is 0 Å². The van der Waals surface area contributed by atoms with E-state index in [1.54, 1.807) is 12.1 Å². The normalized spacial score (nSPS) is 13.2. The standard InChI is InChI=1S/C16H24O3/c1-14(2,3)16(19-11-17,15(4,5)6)12-7-9-13(18)10-8-12/h7-11,18H,1-6H3. The van der Waals surface area contributed by atoms with Crippen molar-refractivity contribution in [1.29, 1.82) is 0 Å². The van der Waals surface area contributed by atoms with Gasteiger partial charge < -0.3 is 9.84 Å². The summed E-state index contributed by atoms with van der Waals surface area (Å²) in [5.41, 5.74) is -0.459. The van der Waals surface area contributed by atoms with Gasteiger partial charge in [0.1, 0.15) is 11.4 Å². The molecule has 3 heteroatoms. The van der Waals surface area contributed by atoms with E-state index < -0.39 is 5.60 Å². The predicted octanol–water partition coefficient (Wildman–Crippen LogP) is 3.85. The van der Waals surface area contributed by atoms with E-state index in [1.165, 1.54) is 0 Å². The topological polar surface area (TPSA) is 46.5 Å². The maximum absolute atomic E-state index is 11.1. The van der Waals surface area contributed by atoms with Gasteiger partial charge in [-0.25, -0.2) is 0 Å². The molecule has 0 aliphatic rings. The van der Waals surface area contributed by atoms with Crippen molar-refractivity contribution in [3.05, 3.63) is 29.8 Å². The number of phenolic OH excluding ortho intramolecular Hbond substituents is 1. The van der Waals surface area contributed by atoms with Gasteiger partial charge >= 0.3 is 0 Å². The van der Waals surface area contributed by atoms with Crippen LogP contribution >= 0.6 is 0 Å². The number of carbonyl (C=O) groups is 1. The molecule has 0 heterocycles. The van der Waals surface area contributed by atoms with Crippen molar-refractivity contribution in [3.8, 4) is 5.75 Å². The highest BCUT2D eigenvalue weighted by Crippen LogP contribution is 2.53. The Morgan fingerprint density at radius 1 is 0.947 bits per heavy atom. The van der Waals surface area contributed by atoms with Crippen LogP contribution < -0.4 is 0 Å². The molecule has 1 aromatic carbocycles. The SMILES string of the molecule is CC(C)(C)C(OC=O)(c1ccc(O)cc1)C(C)(C)C. The average Bonchev–Trinajstić information content (AvgIpc) is 2.24. The van der Waals surface area contributed by atoms with Crippen LogP contribution in [-0.2, 0) is 15.1 Å². The van der Waals surface area contributed by atoms with Gasteiger partial charge in [-0.3, -0.25) is 4.79 Å². The third-order valence-corrected chi connectivity index (χ3v) is 3.61. The smallest absolute Gasteiger partial charge is 0.294 e. The minimum atomic E-state index is -0.768. The van der Waals surface area contributed by atoms with Gasteiger partial charge in [0.25, 0.3) is 6.47 Å². The summed E-state index contributed by atoms with van der Waals surface area (Å²) in [5.74, 6) is 0.201. The van der Waals surface area contributed by atoms with Gasteiger partial charge in [0, 0.05) is 10.8 Å². The van der Waals surface area contributed by atoms with Gasteiger partial charge in [0.15, 0.2) is 0 Å². The van der Waals surface area contributed by atoms with Crippen molar-refractivity contribution >= 4 is 6.47 Å². The van der Waals surface area contributed by atoms with Crippen LogP contribution in [0.3, 0.4) is 0 Å². The van der Waals surface area contributed by atoms with E-state index in [0.717, 1.165) is 5.56 Å². The Balaban J connectivity index is 3.57. The molecular formula is C16H24O3. The summed E-state index contributed by atoms with van der Waals surface area (Å²) >= 11 is 0. The van der Waals surface area contributed by atoms with Crippen molar-refractivity contribution in [1.82, 2.24) is 0 Å². The third-order valence-electron chi connectivity index (χ3n) is 3.61. The van der Waals surface area contributed by atoms with Crippen LogP contribution in [0.1, 0.15) is 47.1 Å². The molecule has 0 aromatic heterocycles. The van der Waals surface area contributed by atoms with Crippen molar-refractivity contribution in [2.45, 2.75) is 47.1 Å². The number of hydrogen-bond donors (Lipinski definition) is 1. The Bertz CT molecular complexity index is 419. The Morgan fingerprint density at radius 2 is 1.37 bits per heavy atom. The summed E-state index contributed by atoms with van der Waals surface area (Å²) in [6.45, 7) is 12.8. The van der Waals surface area contributed by atoms with Gasteiger partial charge in [0.05, 0.1) is 0 Å². The number of aromatic hydroxyl groups is 1. The maximum Gasteiger partial charge on any atom is 0.294 e. The number of ether oxygens (including phenoxy) is 1. The molecule has 0 aliphatic heterocycles. The Morgan fingerprint density at radius 3 is 1.68 bits per heavy atom. The van der Waals surface area contributed by atoms with Crippen LogP contribution in [0.4, 0.5) is 0 Å². The predicted molar refractivity (Wildman–Crippen MR) is 75.8 cm³/mol. The first-order chi connectivity index (χ1) is 8.56. The van der Waals surface area contributed by atoms with E-state index in [0.29, 0.717) is 6.47 Å². The van der Waals surface area contributed by atoms with Crippen LogP contribution in [0, 0.1) is 10.8 Å². The van der Waals surface area contributed by atoms with Crippen LogP contribution in [-0.4, -0.2) is 11.6 Å². The number of rotatable bonds is 3. The number of carbonyl (C=O) groups excluding carboxylic acids is 1. The lowest BCUT2D eigenvalue weighted by molar-refractivity contribution is -0.188. The molecule has 0 spiro atoms. The van der Waals surface area contributed by atoms with Crippen molar-refractivity contribution < 1.29 is 14.6 Å². The van der Waals surface area contributed by atoms with Crippen molar-refractivity contribution in [2.24, 2.45) is 10.8 Å². The Labute approximate surface area is 115 Å². The number of hydrogen-bond acceptors (Lipinski definition) is 3. The molecule has 0 atom stereocenters. The van der Waals surface area contributed by atoms with E-state index in [1.807, 2.05) is 12.1 Å². The summed E-state index contributed by atoms with van der Waals surface area (Å²) in [4.78, 5) is 11.1. The highest BCUT2D eigenvalue weighted by molar-refractivity contribution is 5.43. The first kappa shape index (κ1) is 15.5.